The lowest BCUT2D eigenvalue weighted by Gasteiger charge is -2.28. The van der Waals surface area contributed by atoms with Crippen LogP contribution in [0, 0.1) is 0 Å². The third-order valence-electron chi connectivity index (χ3n) is 3.51. The number of methoxy groups -OCH3 is 1. The zero-order valence-corrected chi connectivity index (χ0v) is 13.8. The van der Waals surface area contributed by atoms with Gasteiger partial charge in [0.2, 0.25) is 0 Å². The second-order valence-electron chi connectivity index (χ2n) is 6.46. The summed E-state index contributed by atoms with van der Waals surface area (Å²) in [6.07, 6.45) is 1.67. The monoisotopic (exact) mass is 307 g/mol. The predicted octanol–water partition coefficient (Wildman–Crippen LogP) is 3.47. The van der Waals surface area contributed by atoms with Gasteiger partial charge in [-0.25, -0.2) is 4.79 Å². The van der Waals surface area contributed by atoms with Crippen molar-refractivity contribution in [2.75, 3.05) is 20.3 Å². The van der Waals surface area contributed by atoms with Crippen LogP contribution in [0.3, 0.4) is 0 Å². The van der Waals surface area contributed by atoms with Crippen molar-refractivity contribution in [1.82, 2.24) is 4.90 Å². The quantitative estimate of drug-likeness (QED) is 0.854. The maximum absolute atomic E-state index is 12.2. The summed E-state index contributed by atoms with van der Waals surface area (Å²) in [4.78, 5) is 14.0. The summed E-state index contributed by atoms with van der Waals surface area (Å²) in [7, 11) is 1.63. The van der Waals surface area contributed by atoms with Crippen molar-refractivity contribution < 1.29 is 19.0 Å². The molecular weight excluding hydrogens is 282 g/mol. The van der Waals surface area contributed by atoms with Crippen molar-refractivity contribution in [2.24, 2.45) is 0 Å². The van der Waals surface area contributed by atoms with E-state index in [2.05, 4.69) is 0 Å². The van der Waals surface area contributed by atoms with Gasteiger partial charge in [0.1, 0.15) is 23.7 Å². The van der Waals surface area contributed by atoms with Crippen LogP contribution in [0.15, 0.2) is 24.3 Å². The van der Waals surface area contributed by atoms with Crippen LogP contribution in [-0.4, -0.2) is 42.9 Å². The summed E-state index contributed by atoms with van der Waals surface area (Å²) in [6, 6.07) is 7.51. The van der Waals surface area contributed by atoms with E-state index in [0.717, 1.165) is 30.9 Å². The van der Waals surface area contributed by atoms with E-state index in [-0.39, 0.29) is 12.1 Å². The minimum absolute atomic E-state index is 0.0666. The van der Waals surface area contributed by atoms with Crippen LogP contribution >= 0.6 is 0 Å². The van der Waals surface area contributed by atoms with E-state index in [9.17, 15) is 4.79 Å². The number of likely N-dealkylation sites (tertiary alicyclic amines) is 1. The van der Waals surface area contributed by atoms with E-state index in [1.807, 2.05) is 45.0 Å². The van der Waals surface area contributed by atoms with Crippen molar-refractivity contribution in [3.63, 3.8) is 0 Å². The Hall–Kier alpha value is -1.91. The maximum atomic E-state index is 12.2. The molecule has 1 aromatic carbocycles. The van der Waals surface area contributed by atoms with Crippen LogP contribution in [0.25, 0.3) is 0 Å². The summed E-state index contributed by atoms with van der Waals surface area (Å²) in [6.45, 7) is 6.84. The van der Waals surface area contributed by atoms with Crippen molar-refractivity contribution in [2.45, 2.75) is 45.3 Å². The Kier molecular flexibility index (Phi) is 5.16. The third-order valence-corrected chi connectivity index (χ3v) is 3.51. The molecule has 22 heavy (non-hydrogen) atoms. The Morgan fingerprint density at radius 2 is 1.86 bits per heavy atom. The van der Waals surface area contributed by atoms with Crippen LogP contribution in [0.2, 0.25) is 0 Å². The SMILES string of the molecule is COc1ccc(OCC2CCCN2C(=O)OC(C)(C)C)cc1. The molecule has 1 amide bonds. The maximum Gasteiger partial charge on any atom is 0.410 e. The number of hydrogen-bond donors (Lipinski definition) is 0. The highest BCUT2D eigenvalue weighted by molar-refractivity contribution is 5.69. The van der Waals surface area contributed by atoms with Gasteiger partial charge in [-0.2, -0.15) is 0 Å². The van der Waals surface area contributed by atoms with Gasteiger partial charge in [-0.3, -0.25) is 0 Å². The predicted molar refractivity (Wildman–Crippen MR) is 84.5 cm³/mol. The number of benzene rings is 1. The highest BCUT2D eigenvalue weighted by Crippen LogP contribution is 2.23. The molecule has 122 valence electrons. The van der Waals surface area contributed by atoms with Crippen LogP contribution < -0.4 is 9.47 Å². The second kappa shape index (κ2) is 6.90. The van der Waals surface area contributed by atoms with E-state index in [0.29, 0.717) is 6.61 Å². The lowest BCUT2D eigenvalue weighted by Crippen LogP contribution is -2.42. The molecule has 0 aromatic heterocycles. The molecule has 0 radical (unpaired) electrons. The van der Waals surface area contributed by atoms with E-state index in [4.69, 9.17) is 14.2 Å². The highest BCUT2D eigenvalue weighted by Gasteiger charge is 2.32. The van der Waals surface area contributed by atoms with Gasteiger partial charge < -0.3 is 19.1 Å². The number of carbonyl (C=O) groups excluding carboxylic acids is 1. The van der Waals surface area contributed by atoms with Gasteiger partial charge >= 0.3 is 6.09 Å². The number of rotatable bonds is 4. The average molecular weight is 307 g/mol. The van der Waals surface area contributed by atoms with Gasteiger partial charge in [0.05, 0.1) is 13.2 Å². The molecule has 1 atom stereocenters. The Bertz CT molecular complexity index is 492. The Morgan fingerprint density at radius 3 is 2.45 bits per heavy atom. The Morgan fingerprint density at radius 1 is 1.23 bits per heavy atom. The van der Waals surface area contributed by atoms with E-state index < -0.39 is 5.60 Å². The number of nitrogens with zero attached hydrogens (tertiary/aromatic N) is 1. The summed E-state index contributed by atoms with van der Waals surface area (Å²) in [5.74, 6) is 1.57. The Labute approximate surface area is 132 Å². The van der Waals surface area contributed by atoms with Gasteiger partial charge in [-0.1, -0.05) is 0 Å². The molecule has 5 nitrogen and oxygen atoms in total. The smallest absolute Gasteiger partial charge is 0.410 e. The lowest BCUT2D eigenvalue weighted by atomic mass is 10.2. The first-order chi connectivity index (χ1) is 10.4. The van der Waals surface area contributed by atoms with E-state index >= 15 is 0 Å². The molecule has 1 fully saturated rings. The molecule has 2 rings (SSSR count). The summed E-state index contributed by atoms with van der Waals surface area (Å²) < 4.78 is 16.4. The number of hydrogen-bond acceptors (Lipinski definition) is 4. The number of amides is 1. The molecule has 0 N–H and O–H groups in total. The zero-order valence-electron chi connectivity index (χ0n) is 13.8. The van der Waals surface area contributed by atoms with Crippen molar-refractivity contribution in [1.29, 1.82) is 0 Å². The largest absolute Gasteiger partial charge is 0.497 e. The second-order valence-corrected chi connectivity index (χ2v) is 6.46. The normalized spacial score (nSPS) is 18.2. The van der Waals surface area contributed by atoms with E-state index in [1.54, 1.807) is 12.0 Å². The molecule has 5 heteroatoms. The van der Waals surface area contributed by atoms with Crippen LogP contribution in [0.1, 0.15) is 33.6 Å². The summed E-state index contributed by atoms with van der Waals surface area (Å²) >= 11 is 0. The molecular formula is C17H25NO4. The summed E-state index contributed by atoms with van der Waals surface area (Å²) in [5.41, 5.74) is -0.471. The lowest BCUT2D eigenvalue weighted by molar-refractivity contribution is 0.0187. The molecule has 1 unspecified atom stereocenters. The Balaban J connectivity index is 1.89. The first kappa shape index (κ1) is 16.5. The van der Waals surface area contributed by atoms with Gasteiger partial charge in [0, 0.05) is 6.54 Å². The van der Waals surface area contributed by atoms with E-state index in [1.165, 1.54) is 0 Å². The van der Waals surface area contributed by atoms with Crippen molar-refractivity contribution in [3.05, 3.63) is 24.3 Å². The fourth-order valence-electron chi connectivity index (χ4n) is 2.43. The molecule has 1 aromatic rings. The first-order valence-electron chi connectivity index (χ1n) is 7.65. The third kappa shape index (κ3) is 4.55. The number of ether oxygens (including phenoxy) is 3. The minimum atomic E-state index is -0.471. The molecule has 1 heterocycles. The van der Waals surface area contributed by atoms with Gasteiger partial charge in [-0.15, -0.1) is 0 Å². The minimum Gasteiger partial charge on any atom is -0.497 e. The molecule has 0 spiro atoms. The van der Waals surface area contributed by atoms with Crippen LogP contribution in [-0.2, 0) is 4.74 Å². The first-order valence-corrected chi connectivity index (χ1v) is 7.65. The molecule has 1 aliphatic heterocycles. The molecule has 0 saturated carbocycles. The van der Waals surface area contributed by atoms with Gasteiger partial charge in [0.15, 0.2) is 0 Å². The zero-order chi connectivity index (χ0) is 16.2. The van der Waals surface area contributed by atoms with Gasteiger partial charge in [-0.05, 0) is 57.9 Å². The molecule has 0 bridgehead atoms. The van der Waals surface area contributed by atoms with Crippen molar-refractivity contribution in [3.8, 4) is 11.5 Å². The van der Waals surface area contributed by atoms with Crippen molar-refractivity contribution >= 4 is 6.09 Å². The molecule has 1 aliphatic rings. The van der Waals surface area contributed by atoms with Crippen LogP contribution in [0.5, 0.6) is 11.5 Å². The molecule has 1 saturated heterocycles. The summed E-state index contributed by atoms with van der Waals surface area (Å²) in [5, 5.41) is 0. The standard InChI is InChI=1S/C17H25NO4/c1-17(2,3)22-16(19)18-11-5-6-13(18)12-21-15-9-7-14(20-4)8-10-15/h7-10,13H,5-6,11-12H2,1-4H3. The molecule has 0 aliphatic carbocycles. The van der Waals surface area contributed by atoms with Gasteiger partial charge in [0.25, 0.3) is 0 Å². The van der Waals surface area contributed by atoms with Crippen LogP contribution in [0.4, 0.5) is 4.79 Å². The topological polar surface area (TPSA) is 48.0 Å². The fourth-order valence-corrected chi connectivity index (χ4v) is 2.43. The number of carbonyl (C=O) groups is 1. The highest BCUT2D eigenvalue weighted by atomic mass is 16.6. The fraction of sp³-hybridized carbons (Fsp3) is 0.588. The average Bonchev–Trinajstić information content (AvgIpc) is 2.92.